The molecule has 5 heteroatoms. The molecule has 0 spiro atoms. The molecule has 1 atom stereocenters. The maximum absolute atomic E-state index is 13.3. The Morgan fingerprint density at radius 1 is 1.03 bits per heavy atom. The largest absolute Gasteiger partial charge is 0.490 e. The number of ether oxygens (including phenoxy) is 1. The van der Waals surface area contributed by atoms with Crippen LogP contribution in [0.3, 0.4) is 0 Å². The van der Waals surface area contributed by atoms with Crippen molar-refractivity contribution in [2.24, 2.45) is 4.99 Å². The molecule has 2 heterocycles. The monoisotopic (exact) mass is 412 g/mol. The normalized spacial score (nSPS) is 20.6. The van der Waals surface area contributed by atoms with Crippen LogP contribution in [0.4, 0.5) is 11.4 Å². The van der Waals surface area contributed by atoms with Gasteiger partial charge in [-0.3, -0.25) is 9.69 Å². The molecule has 0 radical (unpaired) electrons. The highest BCUT2D eigenvalue weighted by Crippen LogP contribution is 2.38. The van der Waals surface area contributed by atoms with Crippen molar-refractivity contribution >= 4 is 40.3 Å². The number of anilines is 1. The summed E-state index contributed by atoms with van der Waals surface area (Å²) in [5.74, 6) is 0.873. The zero-order valence-electron chi connectivity index (χ0n) is 16.5. The quantitative estimate of drug-likeness (QED) is 0.509. The number of nitrogens with zero attached hydrogens (tertiary/aromatic N) is 2. The first-order valence-electron chi connectivity index (χ1n) is 9.90. The van der Waals surface area contributed by atoms with E-state index in [0.717, 1.165) is 29.1 Å². The summed E-state index contributed by atoms with van der Waals surface area (Å²) < 4.78 is 5.79. The summed E-state index contributed by atoms with van der Waals surface area (Å²) in [5, 5.41) is 0.654. The van der Waals surface area contributed by atoms with Gasteiger partial charge < -0.3 is 4.74 Å². The molecule has 1 saturated heterocycles. The third-order valence-electron chi connectivity index (χ3n) is 5.02. The Labute approximate surface area is 179 Å². The van der Waals surface area contributed by atoms with Gasteiger partial charge in [-0.1, -0.05) is 42.5 Å². The molecule has 4 nitrogen and oxygen atoms in total. The van der Waals surface area contributed by atoms with Crippen molar-refractivity contribution < 1.29 is 9.53 Å². The predicted octanol–water partition coefficient (Wildman–Crippen LogP) is 5.82. The summed E-state index contributed by atoms with van der Waals surface area (Å²) in [6.07, 6.45) is 3.04. The lowest BCUT2D eigenvalue weighted by Crippen LogP contribution is -2.28. The van der Waals surface area contributed by atoms with Gasteiger partial charge in [-0.25, -0.2) is 4.99 Å². The summed E-state index contributed by atoms with van der Waals surface area (Å²) in [6, 6.07) is 25.5. The summed E-state index contributed by atoms with van der Waals surface area (Å²) in [4.78, 5) is 20.4. The molecule has 0 saturated carbocycles. The fraction of sp³-hybridized carbons (Fsp3) is 0.120. The molecule has 3 aromatic carbocycles. The molecular formula is C25H20N2O2S. The highest BCUT2D eigenvalue weighted by Gasteiger charge is 2.34. The fourth-order valence-electron chi connectivity index (χ4n) is 3.65. The summed E-state index contributed by atoms with van der Waals surface area (Å²) in [5.41, 5.74) is 3.81. The minimum Gasteiger partial charge on any atom is -0.490 e. The third kappa shape index (κ3) is 3.64. The Balaban J connectivity index is 1.53. The van der Waals surface area contributed by atoms with Gasteiger partial charge in [0, 0.05) is 6.42 Å². The number of benzene rings is 3. The second kappa shape index (κ2) is 7.84. The van der Waals surface area contributed by atoms with E-state index in [4.69, 9.17) is 9.73 Å². The number of fused-ring (bicyclic) bond motifs is 1. The maximum Gasteiger partial charge on any atom is 0.271 e. The number of carbonyl (C=O) groups is 1. The number of amides is 1. The van der Waals surface area contributed by atoms with Crippen LogP contribution >= 0.6 is 11.8 Å². The van der Waals surface area contributed by atoms with Gasteiger partial charge >= 0.3 is 0 Å². The van der Waals surface area contributed by atoms with Crippen LogP contribution in [-0.4, -0.2) is 17.2 Å². The number of hydrogen-bond acceptors (Lipinski definition) is 4. The second-order valence-electron chi connectivity index (χ2n) is 7.32. The van der Waals surface area contributed by atoms with Gasteiger partial charge in [0.15, 0.2) is 5.17 Å². The van der Waals surface area contributed by atoms with Gasteiger partial charge in [0.25, 0.3) is 5.91 Å². The van der Waals surface area contributed by atoms with Crippen molar-refractivity contribution in [3.8, 4) is 5.75 Å². The number of amidine groups is 1. The topological polar surface area (TPSA) is 41.9 Å². The van der Waals surface area contributed by atoms with Crippen LogP contribution in [0.25, 0.3) is 6.08 Å². The average Bonchev–Trinajstić information content (AvgIpc) is 3.27. The number of carbonyl (C=O) groups excluding carboxylic acids is 1. The third-order valence-corrected chi connectivity index (χ3v) is 5.99. The van der Waals surface area contributed by atoms with E-state index in [2.05, 4.69) is 13.0 Å². The number of rotatable bonds is 3. The van der Waals surface area contributed by atoms with Gasteiger partial charge in [0.1, 0.15) is 11.9 Å². The van der Waals surface area contributed by atoms with Crippen LogP contribution < -0.4 is 9.64 Å². The smallest absolute Gasteiger partial charge is 0.271 e. The Bertz CT molecular complexity index is 1160. The van der Waals surface area contributed by atoms with Gasteiger partial charge in [-0.15, -0.1) is 0 Å². The predicted molar refractivity (Wildman–Crippen MR) is 123 cm³/mol. The first kappa shape index (κ1) is 18.7. The van der Waals surface area contributed by atoms with Crippen molar-refractivity contribution in [1.29, 1.82) is 0 Å². The van der Waals surface area contributed by atoms with Crippen molar-refractivity contribution in [1.82, 2.24) is 0 Å². The first-order chi connectivity index (χ1) is 14.7. The minimum absolute atomic E-state index is 0.0639. The van der Waals surface area contributed by atoms with Crippen LogP contribution in [0.5, 0.6) is 5.75 Å². The van der Waals surface area contributed by atoms with Gasteiger partial charge in [-0.05, 0) is 72.3 Å². The molecule has 0 bridgehead atoms. The first-order valence-corrected chi connectivity index (χ1v) is 10.7. The summed E-state index contributed by atoms with van der Waals surface area (Å²) in [7, 11) is 0. The Morgan fingerprint density at radius 2 is 1.77 bits per heavy atom. The molecule has 1 fully saturated rings. The lowest BCUT2D eigenvalue weighted by atomic mass is 10.1. The lowest BCUT2D eigenvalue weighted by Gasteiger charge is -2.15. The molecule has 2 aliphatic rings. The highest BCUT2D eigenvalue weighted by atomic mass is 32.2. The standard InChI is InChI=1S/C25H20N2O2S/c1-17-14-19-15-18(12-13-22(19)29-17)16-23-24(28)27(21-10-6-3-7-11-21)25(30-23)26-20-8-4-2-5-9-20/h2-13,15-17H,14H2,1H3/b23-16+,26-25?/t17-/m1/s1. The van der Waals surface area contributed by atoms with E-state index >= 15 is 0 Å². The van der Waals surface area contributed by atoms with Crippen molar-refractivity contribution in [2.75, 3.05) is 4.90 Å². The molecule has 30 heavy (non-hydrogen) atoms. The van der Waals surface area contributed by atoms with E-state index in [1.54, 1.807) is 4.90 Å². The van der Waals surface area contributed by atoms with E-state index < -0.39 is 0 Å². The Morgan fingerprint density at radius 3 is 2.53 bits per heavy atom. The molecule has 0 N–H and O–H groups in total. The SMILES string of the molecule is C[C@@H]1Cc2cc(/C=C3/SC(=Nc4ccccc4)N(c4ccccc4)C3=O)ccc2O1. The van der Waals surface area contributed by atoms with Gasteiger partial charge in [0.2, 0.25) is 0 Å². The van der Waals surface area contributed by atoms with E-state index in [9.17, 15) is 4.79 Å². The zero-order valence-corrected chi connectivity index (χ0v) is 17.3. The number of aliphatic imine (C=N–C) groups is 1. The molecule has 148 valence electrons. The van der Waals surface area contributed by atoms with E-state index in [1.807, 2.05) is 78.9 Å². The highest BCUT2D eigenvalue weighted by molar-refractivity contribution is 8.19. The number of hydrogen-bond donors (Lipinski definition) is 0. The zero-order chi connectivity index (χ0) is 20.5. The fourth-order valence-corrected chi connectivity index (χ4v) is 4.65. The molecule has 0 aliphatic carbocycles. The Hall–Kier alpha value is -3.31. The lowest BCUT2D eigenvalue weighted by molar-refractivity contribution is -0.113. The number of thioether (sulfide) groups is 1. The Kier molecular flexibility index (Phi) is 4.89. The average molecular weight is 413 g/mol. The second-order valence-corrected chi connectivity index (χ2v) is 8.33. The molecule has 1 amide bonds. The van der Waals surface area contributed by atoms with Crippen molar-refractivity contribution in [3.63, 3.8) is 0 Å². The van der Waals surface area contributed by atoms with Crippen molar-refractivity contribution in [2.45, 2.75) is 19.4 Å². The van der Waals surface area contributed by atoms with E-state index in [0.29, 0.717) is 10.1 Å². The van der Waals surface area contributed by atoms with E-state index in [-0.39, 0.29) is 12.0 Å². The van der Waals surface area contributed by atoms with Crippen molar-refractivity contribution in [3.05, 3.63) is 94.9 Å². The summed E-state index contributed by atoms with van der Waals surface area (Å²) in [6.45, 7) is 2.07. The van der Waals surface area contributed by atoms with Crippen LogP contribution in [0.2, 0.25) is 0 Å². The van der Waals surface area contributed by atoms with E-state index in [1.165, 1.54) is 17.3 Å². The van der Waals surface area contributed by atoms with Crippen LogP contribution in [0, 0.1) is 0 Å². The summed E-state index contributed by atoms with van der Waals surface area (Å²) >= 11 is 1.40. The van der Waals surface area contributed by atoms with Gasteiger partial charge in [-0.2, -0.15) is 0 Å². The van der Waals surface area contributed by atoms with Crippen LogP contribution in [0.15, 0.2) is 88.8 Å². The maximum atomic E-state index is 13.3. The van der Waals surface area contributed by atoms with Crippen LogP contribution in [-0.2, 0) is 11.2 Å². The molecule has 3 aromatic rings. The molecule has 0 unspecified atom stereocenters. The minimum atomic E-state index is -0.0639. The van der Waals surface area contributed by atoms with Crippen LogP contribution in [0.1, 0.15) is 18.1 Å². The van der Waals surface area contributed by atoms with Gasteiger partial charge in [0.05, 0.1) is 16.3 Å². The number of para-hydroxylation sites is 2. The molecule has 2 aliphatic heterocycles. The molecule has 5 rings (SSSR count). The molecule has 0 aromatic heterocycles. The molecular weight excluding hydrogens is 392 g/mol.